The molecule has 3 heterocycles. The Kier molecular flexibility index (Phi) is 6.57. The summed E-state index contributed by atoms with van der Waals surface area (Å²) in [5.74, 6) is -1.16. The minimum Gasteiger partial charge on any atom is -0.465 e. The van der Waals surface area contributed by atoms with Gasteiger partial charge < -0.3 is 14.9 Å². The molecule has 0 unspecified atom stereocenters. The summed E-state index contributed by atoms with van der Waals surface area (Å²) in [6.45, 7) is 0.540. The van der Waals surface area contributed by atoms with Crippen molar-refractivity contribution in [3.63, 3.8) is 0 Å². The molecule has 9 nitrogen and oxygen atoms in total. The Hall–Kier alpha value is -2.90. The maximum atomic E-state index is 14.8. The lowest BCUT2D eigenvalue weighted by Gasteiger charge is -2.40. The summed E-state index contributed by atoms with van der Waals surface area (Å²) in [4.78, 5) is 32.4. The van der Waals surface area contributed by atoms with E-state index in [1.807, 2.05) is 0 Å². The number of amides is 1. The molecule has 1 aromatic heterocycles. The molecule has 2 aliphatic heterocycles. The van der Waals surface area contributed by atoms with Crippen LogP contribution in [0.3, 0.4) is 0 Å². The summed E-state index contributed by atoms with van der Waals surface area (Å²) < 4.78 is 53.8. The predicted molar refractivity (Wildman–Crippen MR) is 138 cm³/mol. The van der Waals surface area contributed by atoms with Crippen LogP contribution < -0.4 is 10.6 Å². The number of aromatic nitrogens is 2. The molecule has 37 heavy (non-hydrogen) atoms. The lowest BCUT2D eigenvalue weighted by molar-refractivity contribution is 0.123. The molecule has 3 aromatic rings. The van der Waals surface area contributed by atoms with Gasteiger partial charge in [-0.2, -0.15) is 4.98 Å². The standard InChI is InChI=1S/C23H21ClF2N4O5S2/c1-37(34,35)11-13-10-28(4-5-29(13)23(32)33)21-15-9-16(24)18(14-3-2-12(25)8-17(14)26)20-19(15)30(6-7-36-20)22(31)27-21/h2-3,8-9,13H,4-7,10-11H2,1H3,(H,32,33)/t13-/m1/s1. The summed E-state index contributed by atoms with van der Waals surface area (Å²) in [6.07, 6.45) is -0.199. The van der Waals surface area contributed by atoms with Gasteiger partial charge in [0.25, 0.3) is 0 Å². The molecule has 1 fully saturated rings. The quantitative estimate of drug-likeness (QED) is 0.508. The monoisotopic (exact) mass is 570 g/mol. The maximum absolute atomic E-state index is 14.8. The Balaban J connectivity index is 1.69. The van der Waals surface area contributed by atoms with Gasteiger partial charge in [-0.05, 0) is 18.2 Å². The number of piperazine rings is 1. The van der Waals surface area contributed by atoms with Crippen molar-refractivity contribution in [2.24, 2.45) is 0 Å². The zero-order valence-corrected chi connectivity index (χ0v) is 21.8. The van der Waals surface area contributed by atoms with Gasteiger partial charge in [-0.3, -0.25) is 4.57 Å². The summed E-state index contributed by atoms with van der Waals surface area (Å²) in [5.41, 5.74) is 0.387. The SMILES string of the molecule is CS(=O)(=O)C[C@H]1CN(c2nc(=O)n3c4c(c(-c5ccc(F)cc5F)c(Cl)cc24)SCC3)CCN1C(=O)O. The second kappa shape index (κ2) is 9.44. The molecule has 1 atom stereocenters. The Morgan fingerprint density at radius 2 is 2.00 bits per heavy atom. The highest BCUT2D eigenvalue weighted by molar-refractivity contribution is 7.99. The predicted octanol–water partition coefficient (Wildman–Crippen LogP) is 3.31. The van der Waals surface area contributed by atoms with Crippen LogP contribution in [0.15, 0.2) is 34.0 Å². The number of thioether (sulfide) groups is 1. The van der Waals surface area contributed by atoms with Crippen molar-refractivity contribution in [2.45, 2.75) is 17.5 Å². The number of benzene rings is 2. The fraction of sp³-hybridized carbons (Fsp3) is 0.348. The van der Waals surface area contributed by atoms with Gasteiger partial charge in [0.15, 0.2) is 0 Å². The Morgan fingerprint density at radius 3 is 2.68 bits per heavy atom. The van der Waals surface area contributed by atoms with Crippen molar-refractivity contribution in [3.05, 3.63) is 51.4 Å². The first kappa shape index (κ1) is 25.7. The Bertz CT molecular complexity index is 1620. The third-order valence-corrected chi connectivity index (χ3v) is 8.80. The Morgan fingerprint density at radius 1 is 1.24 bits per heavy atom. The third kappa shape index (κ3) is 4.75. The number of nitrogens with zero attached hydrogens (tertiary/aromatic N) is 4. The number of carboxylic acid groups (broad SMARTS) is 1. The van der Waals surface area contributed by atoms with Crippen LogP contribution in [0.5, 0.6) is 0 Å². The van der Waals surface area contributed by atoms with E-state index in [2.05, 4.69) is 4.98 Å². The normalized spacial score (nSPS) is 17.9. The molecule has 14 heteroatoms. The summed E-state index contributed by atoms with van der Waals surface area (Å²) in [5, 5.41) is 10.2. The number of aryl methyl sites for hydroxylation is 1. The van der Waals surface area contributed by atoms with E-state index in [9.17, 15) is 31.9 Å². The number of halogens is 3. The number of carbonyl (C=O) groups is 1. The smallest absolute Gasteiger partial charge is 0.407 e. The van der Waals surface area contributed by atoms with Crippen LogP contribution >= 0.6 is 23.4 Å². The molecular weight excluding hydrogens is 550 g/mol. The summed E-state index contributed by atoms with van der Waals surface area (Å²) in [6, 6.07) is 3.90. The number of anilines is 1. The van der Waals surface area contributed by atoms with Gasteiger partial charge >= 0.3 is 11.8 Å². The molecule has 5 rings (SSSR count). The number of hydrogen-bond acceptors (Lipinski definition) is 7. The molecular formula is C23H21ClF2N4O5S2. The topological polar surface area (TPSA) is 113 Å². The fourth-order valence-electron chi connectivity index (χ4n) is 4.92. The van der Waals surface area contributed by atoms with Gasteiger partial charge in [-0.25, -0.2) is 26.8 Å². The number of rotatable bonds is 4. The summed E-state index contributed by atoms with van der Waals surface area (Å²) in [7, 11) is -3.51. The van der Waals surface area contributed by atoms with Crippen molar-refractivity contribution >= 4 is 56.0 Å². The van der Waals surface area contributed by atoms with Crippen LogP contribution in [-0.4, -0.2) is 77.5 Å². The van der Waals surface area contributed by atoms with E-state index in [-0.39, 0.29) is 41.8 Å². The highest BCUT2D eigenvalue weighted by Crippen LogP contribution is 2.46. The minimum absolute atomic E-state index is 0.000635. The Labute approximate surface area is 219 Å². The van der Waals surface area contributed by atoms with Crippen molar-refractivity contribution in [1.82, 2.24) is 14.5 Å². The van der Waals surface area contributed by atoms with Gasteiger partial charge in [-0.1, -0.05) is 11.6 Å². The van der Waals surface area contributed by atoms with Crippen LogP contribution in [0.2, 0.25) is 5.02 Å². The van der Waals surface area contributed by atoms with Gasteiger partial charge in [0.2, 0.25) is 0 Å². The lowest BCUT2D eigenvalue weighted by atomic mass is 10.0. The molecule has 0 saturated carbocycles. The van der Waals surface area contributed by atoms with E-state index in [0.29, 0.717) is 33.7 Å². The van der Waals surface area contributed by atoms with E-state index in [4.69, 9.17) is 11.6 Å². The fourth-order valence-corrected chi connectivity index (χ4v) is 7.47. The largest absolute Gasteiger partial charge is 0.465 e. The molecule has 196 valence electrons. The van der Waals surface area contributed by atoms with Crippen LogP contribution in [0.25, 0.3) is 22.0 Å². The molecule has 0 radical (unpaired) electrons. The molecule has 1 amide bonds. The van der Waals surface area contributed by atoms with E-state index in [0.717, 1.165) is 23.3 Å². The van der Waals surface area contributed by atoms with Crippen LogP contribution in [0, 0.1) is 11.6 Å². The number of sulfone groups is 1. The second-order valence-corrected chi connectivity index (χ2v) is 12.7. The van der Waals surface area contributed by atoms with E-state index in [1.54, 1.807) is 11.0 Å². The van der Waals surface area contributed by atoms with Gasteiger partial charge in [0, 0.05) is 65.7 Å². The molecule has 2 aromatic carbocycles. The zero-order valence-electron chi connectivity index (χ0n) is 19.4. The average Bonchev–Trinajstić information content (AvgIpc) is 2.81. The van der Waals surface area contributed by atoms with Gasteiger partial charge in [-0.15, -0.1) is 11.8 Å². The van der Waals surface area contributed by atoms with Crippen LogP contribution in [0.1, 0.15) is 0 Å². The maximum Gasteiger partial charge on any atom is 0.407 e. The molecule has 0 spiro atoms. The molecule has 1 N–H and O–H groups in total. The van der Waals surface area contributed by atoms with E-state index < -0.39 is 39.3 Å². The minimum atomic E-state index is -3.51. The van der Waals surface area contributed by atoms with Crippen molar-refractivity contribution < 1.29 is 27.1 Å². The van der Waals surface area contributed by atoms with Crippen molar-refractivity contribution in [3.8, 4) is 11.1 Å². The van der Waals surface area contributed by atoms with E-state index >= 15 is 0 Å². The van der Waals surface area contributed by atoms with Crippen molar-refractivity contribution in [2.75, 3.05) is 42.3 Å². The average molecular weight is 571 g/mol. The first-order valence-corrected chi connectivity index (χ1v) is 14.6. The summed E-state index contributed by atoms with van der Waals surface area (Å²) >= 11 is 8.06. The highest BCUT2D eigenvalue weighted by atomic mass is 35.5. The van der Waals surface area contributed by atoms with Crippen molar-refractivity contribution in [1.29, 1.82) is 0 Å². The van der Waals surface area contributed by atoms with Gasteiger partial charge in [0.05, 0.1) is 22.3 Å². The molecule has 0 bridgehead atoms. The van der Waals surface area contributed by atoms with Crippen LogP contribution in [-0.2, 0) is 16.4 Å². The van der Waals surface area contributed by atoms with Crippen LogP contribution in [0.4, 0.5) is 19.4 Å². The highest BCUT2D eigenvalue weighted by Gasteiger charge is 2.35. The van der Waals surface area contributed by atoms with Gasteiger partial charge in [0.1, 0.15) is 27.3 Å². The first-order chi connectivity index (χ1) is 17.4. The third-order valence-electron chi connectivity index (χ3n) is 6.44. The lowest BCUT2D eigenvalue weighted by Crippen LogP contribution is -2.57. The first-order valence-electron chi connectivity index (χ1n) is 11.2. The molecule has 1 saturated heterocycles. The molecule has 0 aliphatic carbocycles. The zero-order chi connectivity index (χ0) is 26.6. The number of hydrogen-bond donors (Lipinski definition) is 1. The van der Waals surface area contributed by atoms with E-state index in [1.165, 1.54) is 22.4 Å². The molecule has 2 aliphatic rings. The second-order valence-electron chi connectivity index (χ2n) is 8.97.